The van der Waals surface area contributed by atoms with Gasteiger partial charge in [0, 0.05) is 10.5 Å². The topological polar surface area (TPSA) is 12.0 Å². The van der Waals surface area contributed by atoms with Crippen LogP contribution in [0.1, 0.15) is 32.3 Å². The normalized spacial score (nSPS) is 12.7. The van der Waals surface area contributed by atoms with Crippen LogP contribution in [0.15, 0.2) is 28.7 Å². The number of rotatable bonds is 6. The Hall–Kier alpha value is -0.340. The Morgan fingerprint density at radius 2 is 2.00 bits per heavy atom. The van der Waals surface area contributed by atoms with Crippen molar-refractivity contribution < 1.29 is 0 Å². The number of hydrogen-bond donors (Lipinski definition) is 1. The Bertz CT molecular complexity index is 286. The average Bonchev–Trinajstić information content (AvgIpc) is 2.26. The van der Waals surface area contributed by atoms with Crippen LogP contribution in [0.25, 0.3) is 0 Å². The fourth-order valence-corrected chi connectivity index (χ4v) is 2.09. The summed E-state index contributed by atoms with van der Waals surface area (Å²) in [5.74, 6) is 0. The van der Waals surface area contributed by atoms with E-state index >= 15 is 0 Å². The molecule has 84 valence electrons. The van der Waals surface area contributed by atoms with Crippen LogP contribution >= 0.6 is 15.9 Å². The van der Waals surface area contributed by atoms with Gasteiger partial charge in [-0.05, 0) is 37.4 Å². The SMILES string of the molecule is CCCNC(CC)Cc1ccccc1Br. The second-order valence-electron chi connectivity index (χ2n) is 3.85. The molecule has 1 atom stereocenters. The predicted octanol–water partition coefficient (Wildman–Crippen LogP) is 3.77. The summed E-state index contributed by atoms with van der Waals surface area (Å²) < 4.78 is 1.22. The Kier molecular flexibility index (Phi) is 5.96. The molecule has 0 aromatic heterocycles. The van der Waals surface area contributed by atoms with E-state index in [1.54, 1.807) is 0 Å². The highest BCUT2D eigenvalue weighted by molar-refractivity contribution is 9.10. The van der Waals surface area contributed by atoms with Crippen LogP contribution in [0, 0.1) is 0 Å². The van der Waals surface area contributed by atoms with Gasteiger partial charge >= 0.3 is 0 Å². The van der Waals surface area contributed by atoms with Crippen LogP contribution in [0.5, 0.6) is 0 Å². The van der Waals surface area contributed by atoms with Crippen molar-refractivity contribution in [3.05, 3.63) is 34.3 Å². The van der Waals surface area contributed by atoms with Crippen molar-refractivity contribution in [1.82, 2.24) is 5.32 Å². The minimum atomic E-state index is 0.601. The van der Waals surface area contributed by atoms with Crippen LogP contribution in [-0.4, -0.2) is 12.6 Å². The highest BCUT2D eigenvalue weighted by Crippen LogP contribution is 2.18. The number of halogens is 1. The molecule has 0 aliphatic heterocycles. The Morgan fingerprint density at radius 1 is 1.27 bits per heavy atom. The largest absolute Gasteiger partial charge is 0.314 e. The van der Waals surface area contributed by atoms with E-state index in [2.05, 4.69) is 59.4 Å². The fourth-order valence-electron chi connectivity index (χ4n) is 1.64. The number of benzene rings is 1. The molecule has 1 aromatic carbocycles. The third kappa shape index (κ3) is 4.35. The second-order valence-corrected chi connectivity index (χ2v) is 4.71. The van der Waals surface area contributed by atoms with Gasteiger partial charge in [0.2, 0.25) is 0 Å². The third-order valence-electron chi connectivity index (χ3n) is 2.60. The first kappa shape index (κ1) is 12.7. The van der Waals surface area contributed by atoms with Crippen LogP contribution in [0.4, 0.5) is 0 Å². The van der Waals surface area contributed by atoms with Crippen molar-refractivity contribution in [2.75, 3.05) is 6.54 Å². The third-order valence-corrected chi connectivity index (χ3v) is 3.37. The summed E-state index contributed by atoms with van der Waals surface area (Å²) >= 11 is 3.59. The van der Waals surface area contributed by atoms with Gasteiger partial charge in [0.15, 0.2) is 0 Å². The maximum atomic E-state index is 3.59. The summed E-state index contributed by atoms with van der Waals surface area (Å²) in [7, 11) is 0. The van der Waals surface area contributed by atoms with Gasteiger partial charge in [-0.3, -0.25) is 0 Å². The first-order valence-corrected chi connectivity index (χ1v) is 6.54. The van der Waals surface area contributed by atoms with Crippen LogP contribution < -0.4 is 5.32 Å². The number of nitrogens with one attached hydrogen (secondary N) is 1. The van der Waals surface area contributed by atoms with E-state index in [1.807, 2.05) is 0 Å². The molecule has 0 radical (unpaired) electrons. The quantitative estimate of drug-likeness (QED) is 0.829. The van der Waals surface area contributed by atoms with Gasteiger partial charge in [0.05, 0.1) is 0 Å². The summed E-state index contributed by atoms with van der Waals surface area (Å²) in [5.41, 5.74) is 1.40. The molecule has 2 heteroatoms. The van der Waals surface area contributed by atoms with Gasteiger partial charge in [0.1, 0.15) is 0 Å². The van der Waals surface area contributed by atoms with Gasteiger partial charge in [0.25, 0.3) is 0 Å². The van der Waals surface area contributed by atoms with Crippen LogP contribution in [-0.2, 0) is 6.42 Å². The number of hydrogen-bond acceptors (Lipinski definition) is 1. The van der Waals surface area contributed by atoms with Crippen molar-refractivity contribution in [2.24, 2.45) is 0 Å². The zero-order chi connectivity index (χ0) is 11.1. The lowest BCUT2D eigenvalue weighted by molar-refractivity contribution is 0.494. The maximum absolute atomic E-state index is 3.59. The van der Waals surface area contributed by atoms with Crippen molar-refractivity contribution in [3.63, 3.8) is 0 Å². The Morgan fingerprint density at radius 3 is 2.60 bits per heavy atom. The second kappa shape index (κ2) is 7.02. The van der Waals surface area contributed by atoms with Crippen molar-refractivity contribution >= 4 is 15.9 Å². The zero-order valence-corrected chi connectivity index (χ0v) is 11.2. The molecule has 1 aromatic rings. The zero-order valence-electron chi connectivity index (χ0n) is 9.59. The molecule has 0 saturated carbocycles. The summed E-state index contributed by atoms with van der Waals surface area (Å²) in [4.78, 5) is 0. The molecule has 15 heavy (non-hydrogen) atoms. The van der Waals surface area contributed by atoms with E-state index in [9.17, 15) is 0 Å². The average molecular weight is 270 g/mol. The molecule has 1 unspecified atom stereocenters. The minimum absolute atomic E-state index is 0.601. The first-order valence-electron chi connectivity index (χ1n) is 5.74. The monoisotopic (exact) mass is 269 g/mol. The summed E-state index contributed by atoms with van der Waals surface area (Å²) in [6.07, 6.45) is 3.49. The molecular weight excluding hydrogens is 250 g/mol. The van der Waals surface area contributed by atoms with Gasteiger partial charge in [-0.2, -0.15) is 0 Å². The lowest BCUT2D eigenvalue weighted by atomic mass is 10.0. The highest BCUT2D eigenvalue weighted by atomic mass is 79.9. The molecule has 1 nitrogen and oxygen atoms in total. The molecule has 0 bridgehead atoms. The first-order chi connectivity index (χ1) is 7.27. The molecule has 1 rings (SSSR count). The van der Waals surface area contributed by atoms with Gasteiger partial charge < -0.3 is 5.32 Å². The Labute approximate surface area is 101 Å². The van der Waals surface area contributed by atoms with E-state index in [-0.39, 0.29) is 0 Å². The molecule has 0 fully saturated rings. The van der Waals surface area contributed by atoms with E-state index in [1.165, 1.54) is 22.9 Å². The predicted molar refractivity (Wildman–Crippen MR) is 70.2 cm³/mol. The van der Waals surface area contributed by atoms with Crippen LogP contribution in [0.3, 0.4) is 0 Å². The molecule has 0 saturated heterocycles. The van der Waals surface area contributed by atoms with Crippen molar-refractivity contribution in [3.8, 4) is 0 Å². The van der Waals surface area contributed by atoms with E-state index in [0.29, 0.717) is 6.04 Å². The Balaban J connectivity index is 2.54. The molecule has 0 amide bonds. The molecule has 0 aliphatic rings. The van der Waals surface area contributed by atoms with Gasteiger partial charge in [-0.1, -0.05) is 48.0 Å². The lowest BCUT2D eigenvalue weighted by Crippen LogP contribution is -2.31. The molecule has 1 N–H and O–H groups in total. The maximum Gasteiger partial charge on any atom is 0.0207 e. The molecule has 0 aliphatic carbocycles. The highest BCUT2D eigenvalue weighted by Gasteiger charge is 2.07. The summed E-state index contributed by atoms with van der Waals surface area (Å²) in [6.45, 7) is 5.56. The van der Waals surface area contributed by atoms with Crippen molar-refractivity contribution in [1.29, 1.82) is 0 Å². The van der Waals surface area contributed by atoms with E-state index < -0.39 is 0 Å². The van der Waals surface area contributed by atoms with E-state index in [0.717, 1.165) is 13.0 Å². The molecule has 0 spiro atoms. The standard InChI is InChI=1S/C13H20BrN/c1-3-9-15-12(4-2)10-11-7-5-6-8-13(11)14/h5-8,12,15H,3-4,9-10H2,1-2H3. The molecule has 0 heterocycles. The van der Waals surface area contributed by atoms with Crippen LogP contribution in [0.2, 0.25) is 0 Å². The van der Waals surface area contributed by atoms with Crippen molar-refractivity contribution in [2.45, 2.75) is 39.2 Å². The fraction of sp³-hybridized carbons (Fsp3) is 0.538. The van der Waals surface area contributed by atoms with Gasteiger partial charge in [-0.25, -0.2) is 0 Å². The summed E-state index contributed by atoms with van der Waals surface area (Å²) in [6, 6.07) is 9.08. The minimum Gasteiger partial charge on any atom is -0.314 e. The summed E-state index contributed by atoms with van der Waals surface area (Å²) in [5, 5.41) is 3.57. The smallest absolute Gasteiger partial charge is 0.0207 e. The molecular formula is C13H20BrN. The lowest BCUT2D eigenvalue weighted by Gasteiger charge is -2.17. The van der Waals surface area contributed by atoms with Gasteiger partial charge in [-0.15, -0.1) is 0 Å². The van der Waals surface area contributed by atoms with E-state index in [4.69, 9.17) is 0 Å².